The van der Waals surface area contributed by atoms with Gasteiger partial charge in [0.25, 0.3) is 0 Å². The lowest BCUT2D eigenvalue weighted by Crippen LogP contribution is -2.50. The molecule has 0 aliphatic carbocycles. The first-order chi connectivity index (χ1) is 14.6. The van der Waals surface area contributed by atoms with Crippen molar-refractivity contribution < 1.29 is 9.13 Å². The van der Waals surface area contributed by atoms with Gasteiger partial charge in [0.2, 0.25) is 0 Å². The molecule has 0 saturated carbocycles. The van der Waals surface area contributed by atoms with Crippen LogP contribution in [-0.4, -0.2) is 51.9 Å². The number of rotatable bonds is 4. The number of nitrogens with one attached hydrogen (secondary N) is 1. The van der Waals surface area contributed by atoms with E-state index in [1.807, 2.05) is 19.1 Å². The zero-order chi connectivity index (χ0) is 20.9. The van der Waals surface area contributed by atoms with E-state index >= 15 is 0 Å². The lowest BCUT2D eigenvalue weighted by molar-refractivity contribution is -0.0605. The maximum atomic E-state index is 13.3. The van der Waals surface area contributed by atoms with Crippen molar-refractivity contribution in [3.05, 3.63) is 78.1 Å². The molecule has 2 unspecified atom stereocenters. The van der Waals surface area contributed by atoms with Gasteiger partial charge in [-0.05, 0) is 42.3 Å². The number of morpholine rings is 1. The summed E-state index contributed by atoms with van der Waals surface area (Å²) >= 11 is 0. The number of benzene rings is 2. The molecule has 1 aromatic heterocycles. The zero-order valence-corrected chi connectivity index (χ0v) is 19.8. The molecule has 2 heterocycles. The fraction of sp³-hybridized carbons (Fsp3) is 0.318. The Bertz CT molecular complexity index is 978. The molecule has 2 atom stereocenters. The summed E-state index contributed by atoms with van der Waals surface area (Å²) in [6, 6.07) is 14.6. The molecular formula is C22H26FIN6O. The second kappa shape index (κ2) is 10.7. The summed E-state index contributed by atoms with van der Waals surface area (Å²) in [5, 5.41) is 7.58. The van der Waals surface area contributed by atoms with Crippen LogP contribution in [0.1, 0.15) is 24.2 Å². The number of halogens is 2. The van der Waals surface area contributed by atoms with E-state index in [4.69, 9.17) is 4.74 Å². The summed E-state index contributed by atoms with van der Waals surface area (Å²) in [7, 11) is 1.78. The number of hydrogen-bond donors (Lipinski definition) is 1. The fourth-order valence-corrected chi connectivity index (χ4v) is 3.61. The van der Waals surface area contributed by atoms with Gasteiger partial charge >= 0.3 is 0 Å². The van der Waals surface area contributed by atoms with Crippen LogP contribution in [0.2, 0.25) is 0 Å². The van der Waals surface area contributed by atoms with Crippen LogP contribution in [0, 0.1) is 5.82 Å². The van der Waals surface area contributed by atoms with E-state index in [1.165, 1.54) is 18.5 Å². The SMILES string of the molecule is CN=C(NCc1ccc(-n2cncn2)cc1)N1CC(C)OC(c2ccc(F)cc2)C1.I. The van der Waals surface area contributed by atoms with Gasteiger partial charge < -0.3 is 15.0 Å². The first-order valence-electron chi connectivity index (χ1n) is 9.93. The summed E-state index contributed by atoms with van der Waals surface area (Å²) in [5.41, 5.74) is 3.06. The van der Waals surface area contributed by atoms with Crippen LogP contribution in [0.3, 0.4) is 0 Å². The molecule has 164 valence electrons. The van der Waals surface area contributed by atoms with Crippen molar-refractivity contribution >= 4 is 29.9 Å². The Morgan fingerprint density at radius 3 is 2.55 bits per heavy atom. The Hall–Kier alpha value is -2.53. The molecule has 0 radical (unpaired) electrons. The van der Waals surface area contributed by atoms with E-state index in [0.717, 1.165) is 29.3 Å². The molecule has 2 aromatic carbocycles. The molecule has 0 spiro atoms. The molecule has 3 aromatic rings. The Labute approximate surface area is 198 Å². The van der Waals surface area contributed by atoms with E-state index < -0.39 is 0 Å². The third-order valence-electron chi connectivity index (χ3n) is 5.08. The van der Waals surface area contributed by atoms with Crippen molar-refractivity contribution in [1.82, 2.24) is 25.0 Å². The Balaban J connectivity index is 0.00000272. The molecule has 4 rings (SSSR count). The monoisotopic (exact) mass is 536 g/mol. The minimum Gasteiger partial charge on any atom is -0.367 e. The standard InChI is InChI=1S/C22H25FN6O.HI/c1-16-12-28(13-21(30-16)18-5-7-19(23)8-6-18)22(24-2)26-11-17-3-9-20(10-4-17)29-15-25-14-27-29;/h3-10,14-16,21H,11-13H2,1-2H3,(H,24,26);1H. The predicted molar refractivity (Wildman–Crippen MR) is 128 cm³/mol. The van der Waals surface area contributed by atoms with Gasteiger partial charge in [0.1, 0.15) is 24.6 Å². The van der Waals surface area contributed by atoms with Gasteiger partial charge in [0.05, 0.1) is 18.3 Å². The van der Waals surface area contributed by atoms with Crippen molar-refractivity contribution in [1.29, 1.82) is 0 Å². The highest BCUT2D eigenvalue weighted by Gasteiger charge is 2.28. The van der Waals surface area contributed by atoms with Crippen LogP contribution >= 0.6 is 24.0 Å². The molecule has 31 heavy (non-hydrogen) atoms. The van der Waals surface area contributed by atoms with Gasteiger partial charge in [-0.25, -0.2) is 14.1 Å². The lowest BCUT2D eigenvalue weighted by atomic mass is 10.1. The highest BCUT2D eigenvalue weighted by molar-refractivity contribution is 14.0. The van der Waals surface area contributed by atoms with Gasteiger partial charge in [0, 0.05) is 20.1 Å². The highest BCUT2D eigenvalue weighted by atomic mass is 127. The Morgan fingerprint density at radius 2 is 1.90 bits per heavy atom. The highest BCUT2D eigenvalue weighted by Crippen LogP contribution is 2.25. The summed E-state index contributed by atoms with van der Waals surface area (Å²) < 4.78 is 21.1. The van der Waals surface area contributed by atoms with Gasteiger partial charge in [-0.2, -0.15) is 5.10 Å². The predicted octanol–water partition coefficient (Wildman–Crippen LogP) is 3.56. The first kappa shape index (κ1) is 23.1. The third kappa shape index (κ3) is 5.79. The van der Waals surface area contributed by atoms with Crippen molar-refractivity contribution in [2.45, 2.75) is 25.7 Å². The molecule has 1 N–H and O–H groups in total. The molecule has 9 heteroatoms. The molecule has 1 saturated heterocycles. The number of nitrogens with zero attached hydrogens (tertiary/aromatic N) is 5. The molecule has 1 fully saturated rings. The average molecular weight is 536 g/mol. The number of aliphatic imine (C=N–C) groups is 1. The quantitative estimate of drug-likeness (QED) is 0.314. The topological polar surface area (TPSA) is 67.6 Å². The van der Waals surface area contributed by atoms with Gasteiger partial charge in [-0.15, -0.1) is 24.0 Å². The number of aromatic nitrogens is 3. The van der Waals surface area contributed by atoms with E-state index in [-0.39, 0.29) is 42.0 Å². The van der Waals surface area contributed by atoms with Gasteiger partial charge in [-0.3, -0.25) is 4.99 Å². The minimum atomic E-state index is -0.244. The zero-order valence-electron chi connectivity index (χ0n) is 17.5. The molecule has 0 bridgehead atoms. The fourth-order valence-electron chi connectivity index (χ4n) is 3.61. The summed E-state index contributed by atoms with van der Waals surface area (Å²) in [6.07, 6.45) is 3.10. The van der Waals surface area contributed by atoms with Crippen molar-refractivity contribution in [2.24, 2.45) is 4.99 Å². The van der Waals surface area contributed by atoms with E-state index in [0.29, 0.717) is 13.1 Å². The van der Waals surface area contributed by atoms with Crippen LogP contribution in [-0.2, 0) is 11.3 Å². The second-order valence-corrected chi connectivity index (χ2v) is 7.30. The molecule has 1 aliphatic rings. The van der Waals surface area contributed by atoms with E-state index in [2.05, 4.69) is 37.4 Å². The van der Waals surface area contributed by atoms with Gasteiger partial charge in [-0.1, -0.05) is 24.3 Å². The number of ether oxygens (including phenoxy) is 1. The largest absolute Gasteiger partial charge is 0.367 e. The number of hydrogen-bond acceptors (Lipinski definition) is 4. The van der Waals surface area contributed by atoms with E-state index in [1.54, 1.807) is 30.2 Å². The van der Waals surface area contributed by atoms with E-state index in [9.17, 15) is 4.39 Å². The number of guanidine groups is 1. The maximum Gasteiger partial charge on any atom is 0.194 e. The van der Waals surface area contributed by atoms with Crippen LogP contribution in [0.4, 0.5) is 4.39 Å². The molecule has 0 amide bonds. The summed E-state index contributed by atoms with van der Waals surface area (Å²) in [6.45, 7) is 4.08. The Morgan fingerprint density at radius 1 is 1.16 bits per heavy atom. The van der Waals surface area contributed by atoms with Crippen LogP contribution in [0.5, 0.6) is 0 Å². The normalized spacial score (nSPS) is 19.1. The summed E-state index contributed by atoms with van der Waals surface area (Å²) in [5.74, 6) is 0.574. The van der Waals surface area contributed by atoms with Crippen LogP contribution in [0.25, 0.3) is 5.69 Å². The van der Waals surface area contributed by atoms with Crippen molar-refractivity contribution in [3.8, 4) is 5.69 Å². The van der Waals surface area contributed by atoms with Crippen LogP contribution in [0.15, 0.2) is 66.2 Å². The first-order valence-corrected chi connectivity index (χ1v) is 9.93. The van der Waals surface area contributed by atoms with Crippen LogP contribution < -0.4 is 5.32 Å². The smallest absolute Gasteiger partial charge is 0.194 e. The minimum absolute atomic E-state index is 0. The molecule has 1 aliphatic heterocycles. The van der Waals surface area contributed by atoms with Crippen molar-refractivity contribution in [3.63, 3.8) is 0 Å². The van der Waals surface area contributed by atoms with Crippen molar-refractivity contribution in [2.75, 3.05) is 20.1 Å². The summed E-state index contributed by atoms with van der Waals surface area (Å²) in [4.78, 5) is 10.6. The average Bonchev–Trinajstić information content (AvgIpc) is 3.30. The maximum absolute atomic E-state index is 13.3. The second-order valence-electron chi connectivity index (χ2n) is 7.30. The molecule has 7 nitrogen and oxygen atoms in total. The molecular weight excluding hydrogens is 510 g/mol. The van der Waals surface area contributed by atoms with Gasteiger partial charge in [0.15, 0.2) is 5.96 Å². The lowest BCUT2D eigenvalue weighted by Gasteiger charge is -2.38. The Kier molecular flexibility index (Phi) is 7.97. The third-order valence-corrected chi connectivity index (χ3v) is 5.08.